The molecule has 0 aliphatic carbocycles. The van der Waals surface area contributed by atoms with E-state index in [9.17, 15) is 9.50 Å². The highest BCUT2D eigenvalue weighted by atomic mass is 19.1. The van der Waals surface area contributed by atoms with Crippen molar-refractivity contribution < 1.29 is 9.50 Å². The van der Waals surface area contributed by atoms with E-state index in [2.05, 4.69) is 13.2 Å². The summed E-state index contributed by atoms with van der Waals surface area (Å²) in [6.07, 6.45) is 2.81. The summed E-state index contributed by atoms with van der Waals surface area (Å²) in [5, 5.41) is 9.67. The van der Waals surface area contributed by atoms with Gasteiger partial charge in [-0.05, 0) is 25.1 Å². The molecule has 0 aliphatic rings. The molecule has 1 aromatic carbocycles. The van der Waals surface area contributed by atoms with Crippen molar-refractivity contribution in [3.05, 3.63) is 54.9 Å². The number of benzene rings is 1. The Morgan fingerprint density at radius 1 is 1.35 bits per heavy atom. The number of halogens is 1. The molecule has 0 bridgehead atoms. The molecule has 0 heterocycles. The van der Waals surface area contributed by atoms with Crippen molar-refractivity contribution in [3.63, 3.8) is 0 Å². The third-order valence-electron chi connectivity index (χ3n) is 2.48. The van der Waals surface area contributed by atoms with Crippen LogP contribution in [-0.4, -0.2) is 18.2 Å². The van der Waals surface area contributed by atoms with E-state index < -0.39 is 6.10 Å². The number of aliphatic hydroxyl groups excluding tert-OH is 1. The van der Waals surface area contributed by atoms with Gasteiger partial charge in [-0.3, -0.25) is 0 Å². The molecule has 0 aliphatic heterocycles. The molecule has 0 radical (unpaired) electrons. The first-order valence-electron chi connectivity index (χ1n) is 5.54. The quantitative estimate of drug-likeness (QED) is 0.766. The average molecular weight is 235 g/mol. The van der Waals surface area contributed by atoms with E-state index in [1.807, 2.05) is 4.90 Å². The van der Waals surface area contributed by atoms with E-state index in [0.717, 1.165) is 5.69 Å². The van der Waals surface area contributed by atoms with E-state index in [4.69, 9.17) is 0 Å². The molecule has 0 saturated carbocycles. The zero-order chi connectivity index (χ0) is 12.8. The smallest absolute Gasteiger partial charge is 0.123 e. The van der Waals surface area contributed by atoms with Gasteiger partial charge in [-0.1, -0.05) is 12.2 Å². The van der Waals surface area contributed by atoms with Gasteiger partial charge in [0.2, 0.25) is 0 Å². The van der Waals surface area contributed by atoms with Crippen molar-refractivity contribution in [2.45, 2.75) is 13.0 Å². The molecule has 17 heavy (non-hydrogen) atoms. The molecular formula is C14H18FNO. The van der Waals surface area contributed by atoms with Gasteiger partial charge in [-0.2, -0.15) is 0 Å². The molecule has 1 atom stereocenters. The van der Waals surface area contributed by atoms with Crippen LogP contribution in [0.15, 0.2) is 43.5 Å². The highest BCUT2D eigenvalue weighted by molar-refractivity contribution is 5.55. The van der Waals surface area contributed by atoms with Gasteiger partial charge in [0, 0.05) is 24.3 Å². The normalized spacial score (nSPS) is 11.9. The lowest BCUT2D eigenvalue weighted by atomic mass is 10.1. The van der Waals surface area contributed by atoms with Gasteiger partial charge in [-0.25, -0.2) is 4.39 Å². The molecule has 0 unspecified atom stereocenters. The maximum absolute atomic E-state index is 13.2. The Bertz CT molecular complexity index is 391. The molecule has 0 spiro atoms. The molecule has 1 N–H and O–H groups in total. The molecule has 0 aromatic heterocycles. The van der Waals surface area contributed by atoms with Crippen molar-refractivity contribution in [3.8, 4) is 0 Å². The first kappa shape index (κ1) is 13.5. The molecule has 1 aromatic rings. The Balaban J connectivity index is 3.16. The number of anilines is 1. The Hall–Kier alpha value is -1.61. The second-order valence-electron chi connectivity index (χ2n) is 3.86. The SMILES string of the molecule is C=CCN(CC=C)c1ccc(F)cc1[C@H](C)O. The van der Waals surface area contributed by atoms with Crippen molar-refractivity contribution in [2.24, 2.45) is 0 Å². The van der Waals surface area contributed by atoms with Crippen LogP contribution in [0.3, 0.4) is 0 Å². The first-order valence-corrected chi connectivity index (χ1v) is 5.54. The molecule has 2 nitrogen and oxygen atoms in total. The van der Waals surface area contributed by atoms with E-state index in [0.29, 0.717) is 18.7 Å². The third-order valence-corrected chi connectivity index (χ3v) is 2.48. The van der Waals surface area contributed by atoms with Gasteiger partial charge in [-0.15, -0.1) is 13.2 Å². The van der Waals surface area contributed by atoms with Gasteiger partial charge in [0.15, 0.2) is 0 Å². The largest absolute Gasteiger partial charge is 0.389 e. The van der Waals surface area contributed by atoms with E-state index in [1.54, 1.807) is 25.1 Å². The van der Waals surface area contributed by atoms with Gasteiger partial charge < -0.3 is 10.0 Å². The summed E-state index contributed by atoms with van der Waals surface area (Å²) in [4.78, 5) is 1.97. The Kier molecular flexibility index (Phi) is 4.91. The Labute approximate surface area is 102 Å². The van der Waals surface area contributed by atoms with Crippen molar-refractivity contribution in [1.29, 1.82) is 0 Å². The maximum Gasteiger partial charge on any atom is 0.123 e. The highest BCUT2D eigenvalue weighted by Gasteiger charge is 2.13. The predicted molar refractivity (Wildman–Crippen MR) is 69.6 cm³/mol. The van der Waals surface area contributed by atoms with E-state index >= 15 is 0 Å². The fraction of sp³-hybridized carbons (Fsp3) is 0.286. The van der Waals surface area contributed by atoms with Crippen LogP contribution in [0.2, 0.25) is 0 Å². The summed E-state index contributed by atoms with van der Waals surface area (Å²) < 4.78 is 13.2. The standard InChI is InChI=1S/C14H18FNO/c1-4-8-16(9-5-2)14-7-6-12(15)10-13(14)11(3)17/h4-7,10-11,17H,1-2,8-9H2,3H3/t11-/m0/s1. The molecule has 3 heteroatoms. The minimum absolute atomic E-state index is 0.346. The minimum Gasteiger partial charge on any atom is -0.389 e. The Morgan fingerprint density at radius 2 is 1.94 bits per heavy atom. The average Bonchev–Trinajstić information content (AvgIpc) is 2.28. The predicted octanol–water partition coefficient (Wildman–Crippen LogP) is 3.06. The third kappa shape index (κ3) is 3.43. The lowest BCUT2D eigenvalue weighted by Crippen LogP contribution is -2.24. The summed E-state index contributed by atoms with van der Waals surface area (Å²) in [5.41, 5.74) is 1.38. The Morgan fingerprint density at radius 3 is 2.41 bits per heavy atom. The second-order valence-corrected chi connectivity index (χ2v) is 3.86. The number of hydrogen-bond acceptors (Lipinski definition) is 2. The van der Waals surface area contributed by atoms with Crippen LogP contribution in [0, 0.1) is 5.82 Å². The first-order chi connectivity index (χ1) is 8.10. The monoisotopic (exact) mass is 235 g/mol. The fourth-order valence-corrected chi connectivity index (χ4v) is 1.73. The summed E-state index contributed by atoms with van der Waals surface area (Å²) >= 11 is 0. The van der Waals surface area contributed by atoms with Crippen LogP contribution in [0.5, 0.6) is 0 Å². The van der Waals surface area contributed by atoms with E-state index in [1.165, 1.54) is 12.1 Å². The summed E-state index contributed by atoms with van der Waals surface area (Å²) in [5.74, 6) is -0.346. The number of aliphatic hydroxyl groups is 1. The molecular weight excluding hydrogens is 217 g/mol. The minimum atomic E-state index is -0.710. The van der Waals surface area contributed by atoms with Crippen LogP contribution in [-0.2, 0) is 0 Å². The number of hydrogen-bond donors (Lipinski definition) is 1. The van der Waals surface area contributed by atoms with Crippen molar-refractivity contribution >= 4 is 5.69 Å². The van der Waals surface area contributed by atoms with E-state index in [-0.39, 0.29) is 5.82 Å². The molecule has 0 saturated heterocycles. The molecule has 0 fully saturated rings. The fourth-order valence-electron chi connectivity index (χ4n) is 1.73. The van der Waals surface area contributed by atoms with Crippen LogP contribution >= 0.6 is 0 Å². The molecule has 1 rings (SSSR count). The number of rotatable bonds is 6. The lowest BCUT2D eigenvalue weighted by molar-refractivity contribution is 0.199. The lowest BCUT2D eigenvalue weighted by Gasteiger charge is -2.25. The summed E-state index contributed by atoms with van der Waals surface area (Å²) in [6.45, 7) is 10.2. The summed E-state index contributed by atoms with van der Waals surface area (Å²) in [7, 11) is 0. The van der Waals surface area contributed by atoms with Gasteiger partial charge in [0.1, 0.15) is 5.82 Å². The van der Waals surface area contributed by atoms with Gasteiger partial charge in [0.25, 0.3) is 0 Å². The highest BCUT2D eigenvalue weighted by Crippen LogP contribution is 2.27. The van der Waals surface area contributed by atoms with Crippen molar-refractivity contribution in [1.82, 2.24) is 0 Å². The van der Waals surface area contributed by atoms with Crippen LogP contribution in [0.1, 0.15) is 18.6 Å². The second kappa shape index (κ2) is 6.21. The van der Waals surface area contributed by atoms with Gasteiger partial charge >= 0.3 is 0 Å². The summed E-state index contributed by atoms with van der Waals surface area (Å²) in [6, 6.07) is 4.42. The molecule has 92 valence electrons. The number of nitrogens with zero attached hydrogens (tertiary/aromatic N) is 1. The van der Waals surface area contributed by atoms with Crippen LogP contribution in [0.25, 0.3) is 0 Å². The van der Waals surface area contributed by atoms with Crippen LogP contribution in [0.4, 0.5) is 10.1 Å². The molecule has 0 amide bonds. The zero-order valence-corrected chi connectivity index (χ0v) is 10.1. The maximum atomic E-state index is 13.2. The van der Waals surface area contributed by atoms with Crippen molar-refractivity contribution in [2.75, 3.05) is 18.0 Å². The van der Waals surface area contributed by atoms with Gasteiger partial charge in [0.05, 0.1) is 6.10 Å². The zero-order valence-electron chi connectivity index (χ0n) is 10.1. The van der Waals surface area contributed by atoms with Crippen LogP contribution < -0.4 is 4.90 Å². The topological polar surface area (TPSA) is 23.5 Å².